The Morgan fingerprint density at radius 3 is 2.62 bits per heavy atom. The third-order valence-electron chi connectivity index (χ3n) is 6.58. The van der Waals surface area contributed by atoms with Gasteiger partial charge in [0.2, 0.25) is 0 Å². The van der Waals surface area contributed by atoms with Crippen LogP contribution in [0.25, 0.3) is 0 Å². The molecule has 0 spiro atoms. The Balaban J connectivity index is 0.000000509. The standard InChI is InChI=1S/C22H30O5.C6H5B/c1-5-6-7-8-13-11-15-18(19(23)16(13)21(24)25)17-14(12(2)3)9-10-22(4,26)20(17)27-15;1-2-3-4-5-6-7/h11,14,17,20,23,26H,2,5-10H2,1,3-4H3,(H,24,25);6H2,1H3/t14-,17+,20-,22-;/m0./s1. The Bertz CT molecular complexity index is 1030. The van der Waals surface area contributed by atoms with Gasteiger partial charge in [0.15, 0.2) is 0 Å². The molecule has 1 aliphatic carbocycles. The van der Waals surface area contributed by atoms with Gasteiger partial charge in [-0.25, -0.2) is 4.79 Å². The molecule has 5 nitrogen and oxygen atoms in total. The largest absolute Gasteiger partial charge is 0.507 e. The molecule has 0 unspecified atom stereocenters. The van der Waals surface area contributed by atoms with Crippen LogP contribution in [0, 0.1) is 29.6 Å². The molecule has 1 fully saturated rings. The number of benzene rings is 1. The molecule has 2 aliphatic rings. The van der Waals surface area contributed by atoms with E-state index in [1.807, 2.05) is 6.92 Å². The molecule has 1 aromatic rings. The number of rotatable bonds is 6. The number of phenols is 1. The van der Waals surface area contributed by atoms with Crippen molar-refractivity contribution < 1.29 is 24.9 Å². The summed E-state index contributed by atoms with van der Waals surface area (Å²) in [5.41, 5.74) is 1.01. The maximum Gasteiger partial charge on any atom is 0.339 e. The number of aromatic carboxylic acids is 1. The lowest BCUT2D eigenvalue weighted by Crippen LogP contribution is -2.50. The minimum Gasteiger partial charge on any atom is -0.507 e. The molecular formula is C28H35BO5. The fourth-order valence-corrected chi connectivity index (χ4v) is 4.90. The Kier molecular flexibility index (Phi) is 9.71. The van der Waals surface area contributed by atoms with Crippen molar-refractivity contribution in [3.05, 3.63) is 34.9 Å². The van der Waals surface area contributed by atoms with Crippen LogP contribution in [0.15, 0.2) is 18.2 Å². The van der Waals surface area contributed by atoms with Crippen molar-refractivity contribution in [2.45, 2.75) is 90.2 Å². The number of carbonyl (C=O) groups is 1. The van der Waals surface area contributed by atoms with Gasteiger partial charge in [-0.1, -0.05) is 43.8 Å². The van der Waals surface area contributed by atoms with Gasteiger partial charge in [0.05, 0.1) is 13.4 Å². The highest BCUT2D eigenvalue weighted by Gasteiger charge is 2.54. The van der Waals surface area contributed by atoms with E-state index in [4.69, 9.17) is 12.6 Å². The van der Waals surface area contributed by atoms with Crippen LogP contribution in [0.1, 0.15) is 87.2 Å². The Labute approximate surface area is 205 Å². The number of aromatic hydroxyl groups is 1. The van der Waals surface area contributed by atoms with E-state index < -0.39 is 17.7 Å². The number of carboxylic acids is 1. The van der Waals surface area contributed by atoms with Gasteiger partial charge in [0.1, 0.15) is 23.2 Å². The lowest BCUT2D eigenvalue weighted by Gasteiger charge is -2.42. The van der Waals surface area contributed by atoms with Gasteiger partial charge < -0.3 is 20.1 Å². The molecule has 0 aromatic heterocycles. The molecule has 1 saturated carbocycles. The van der Waals surface area contributed by atoms with Crippen molar-refractivity contribution in [3.8, 4) is 35.2 Å². The number of aliphatic hydroxyl groups is 1. The van der Waals surface area contributed by atoms with E-state index in [-0.39, 0.29) is 23.1 Å². The van der Waals surface area contributed by atoms with Gasteiger partial charge in [-0.3, -0.25) is 0 Å². The zero-order valence-corrected chi connectivity index (χ0v) is 20.7. The van der Waals surface area contributed by atoms with E-state index in [2.05, 4.69) is 37.2 Å². The smallest absolute Gasteiger partial charge is 0.339 e. The number of hydrogen-bond donors (Lipinski definition) is 3. The fourth-order valence-electron chi connectivity index (χ4n) is 4.90. The number of carboxylic acid groups (broad SMARTS) is 1. The van der Waals surface area contributed by atoms with Crippen LogP contribution >= 0.6 is 0 Å². The molecule has 34 heavy (non-hydrogen) atoms. The first kappa shape index (κ1) is 27.4. The number of ether oxygens (including phenoxy) is 1. The van der Waals surface area contributed by atoms with Gasteiger partial charge in [-0.2, -0.15) is 0 Å². The number of unbranched alkanes of at least 4 members (excludes halogenated alkanes) is 2. The summed E-state index contributed by atoms with van der Waals surface area (Å²) in [5, 5.41) is 31.6. The second kappa shape index (κ2) is 12.0. The van der Waals surface area contributed by atoms with E-state index in [1.54, 1.807) is 19.9 Å². The van der Waals surface area contributed by atoms with E-state index in [0.29, 0.717) is 36.0 Å². The van der Waals surface area contributed by atoms with Crippen molar-refractivity contribution >= 4 is 13.8 Å². The summed E-state index contributed by atoms with van der Waals surface area (Å²) in [5.74, 6) is 9.26. The van der Waals surface area contributed by atoms with E-state index in [1.165, 1.54) is 0 Å². The molecule has 0 bridgehead atoms. The highest BCUT2D eigenvalue weighted by atomic mass is 16.5. The van der Waals surface area contributed by atoms with Gasteiger partial charge in [-0.15, -0.1) is 0 Å². The fraction of sp³-hybridized carbons (Fsp3) is 0.536. The minimum absolute atomic E-state index is 0.0280. The molecule has 0 saturated heterocycles. The maximum absolute atomic E-state index is 11.9. The summed E-state index contributed by atoms with van der Waals surface area (Å²) in [6.07, 6.45) is 4.65. The van der Waals surface area contributed by atoms with Crippen molar-refractivity contribution in [3.63, 3.8) is 0 Å². The second-order valence-corrected chi connectivity index (χ2v) is 9.23. The van der Waals surface area contributed by atoms with Gasteiger partial charge in [0.25, 0.3) is 0 Å². The van der Waals surface area contributed by atoms with E-state index in [9.17, 15) is 20.1 Å². The lowest BCUT2D eigenvalue weighted by molar-refractivity contribution is -0.0824. The van der Waals surface area contributed by atoms with Crippen LogP contribution in [0.3, 0.4) is 0 Å². The maximum atomic E-state index is 11.9. The van der Waals surface area contributed by atoms with Crippen LogP contribution in [-0.4, -0.2) is 40.8 Å². The van der Waals surface area contributed by atoms with Crippen molar-refractivity contribution in [2.24, 2.45) is 5.92 Å². The summed E-state index contributed by atoms with van der Waals surface area (Å²) < 4.78 is 6.13. The average molecular weight is 462 g/mol. The predicted molar refractivity (Wildman–Crippen MR) is 135 cm³/mol. The first-order valence-electron chi connectivity index (χ1n) is 11.9. The van der Waals surface area contributed by atoms with Gasteiger partial charge in [0, 0.05) is 11.5 Å². The Hall–Kier alpha value is -2.83. The van der Waals surface area contributed by atoms with Gasteiger partial charge in [-0.05, 0) is 82.2 Å². The van der Waals surface area contributed by atoms with Crippen LogP contribution < -0.4 is 4.74 Å². The normalized spacial score (nSPS) is 24.0. The topological polar surface area (TPSA) is 87.0 Å². The Morgan fingerprint density at radius 2 is 2.06 bits per heavy atom. The molecule has 180 valence electrons. The van der Waals surface area contributed by atoms with Gasteiger partial charge >= 0.3 is 5.97 Å². The highest BCUT2D eigenvalue weighted by molar-refractivity contribution is 6.10. The number of allylic oxidation sites excluding steroid dienone is 1. The van der Waals surface area contributed by atoms with Crippen molar-refractivity contribution in [1.82, 2.24) is 0 Å². The molecule has 0 amide bonds. The quantitative estimate of drug-likeness (QED) is 0.240. The third kappa shape index (κ3) is 5.99. The SMILES string of the molecule is C=C(C)[C@@H]1CC[C@](C)(O)[C@H]2Oc3cc(CCCCC)c(C(=O)O)c(O)c3[C@@H]12.[B]CC#CC#CC. The zero-order chi connectivity index (χ0) is 25.5. The molecule has 1 aliphatic heterocycles. The summed E-state index contributed by atoms with van der Waals surface area (Å²) in [6.45, 7) is 11.6. The zero-order valence-electron chi connectivity index (χ0n) is 20.7. The number of fused-ring (bicyclic) bond motifs is 3. The van der Waals surface area contributed by atoms with Crippen LogP contribution in [0.2, 0.25) is 6.32 Å². The summed E-state index contributed by atoms with van der Waals surface area (Å²) >= 11 is 0. The van der Waals surface area contributed by atoms with Crippen LogP contribution in [0.4, 0.5) is 0 Å². The summed E-state index contributed by atoms with van der Waals surface area (Å²) in [7, 11) is 5.03. The van der Waals surface area contributed by atoms with Crippen LogP contribution in [0.5, 0.6) is 11.5 Å². The first-order valence-corrected chi connectivity index (χ1v) is 11.9. The molecule has 3 rings (SSSR count). The highest BCUT2D eigenvalue weighted by Crippen LogP contribution is 2.57. The third-order valence-corrected chi connectivity index (χ3v) is 6.58. The molecule has 1 heterocycles. The molecule has 6 heteroatoms. The van der Waals surface area contributed by atoms with Crippen LogP contribution in [-0.2, 0) is 6.42 Å². The number of aryl methyl sites for hydroxylation is 1. The molecule has 3 N–H and O–H groups in total. The Morgan fingerprint density at radius 1 is 1.35 bits per heavy atom. The lowest BCUT2D eigenvalue weighted by atomic mass is 9.66. The average Bonchev–Trinajstić information content (AvgIpc) is 3.15. The summed E-state index contributed by atoms with van der Waals surface area (Å²) in [4.78, 5) is 11.9. The van der Waals surface area contributed by atoms with Crippen molar-refractivity contribution in [2.75, 3.05) is 0 Å². The van der Waals surface area contributed by atoms with E-state index >= 15 is 0 Å². The molecule has 4 atom stereocenters. The second-order valence-electron chi connectivity index (χ2n) is 9.23. The van der Waals surface area contributed by atoms with Crippen molar-refractivity contribution in [1.29, 1.82) is 0 Å². The molecular weight excluding hydrogens is 427 g/mol. The molecule has 1 aromatic carbocycles. The monoisotopic (exact) mass is 462 g/mol. The predicted octanol–water partition coefficient (Wildman–Crippen LogP) is 5.00. The summed E-state index contributed by atoms with van der Waals surface area (Å²) in [6, 6.07) is 1.76. The van der Waals surface area contributed by atoms with E-state index in [0.717, 1.165) is 31.3 Å². The molecule has 2 radical (unpaired) electrons. The first-order chi connectivity index (χ1) is 16.1. The minimum atomic E-state index is -1.13. The number of hydrogen-bond acceptors (Lipinski definition) is 4.